The smallest absolute Gasteiger partial charge is 0.227 e. The van der Waals surface area contributed by atoms with Crippen molar-refractivity contribution in [2.75, 3.05) is 6.54 Å². The van der Waals surface area contributed by atoms with Gasteiger partial charge >= 0.3 is 0 Å². The van der Waals surface area contributed by atoms with Crippen LogP contribution in [0, 0.1) is 5.82 Å². The predicted molar refractivity (Wildman–Crippen MR) is 91.3 cm³/mol. The number of halogens is 1. The first-order valence-corrected chi connectivity index (χ1v) is 8.26. The average Bonchev–Trinajstić information content (AvgIpc) is 3.19. The zero-order valence-corrected chi connectivity index (χ0v) is 13.5. The normalized spacial score (nSPS) is 20.3. The first kappa shape index (κ1) is 15.8. The van der Waals surface area contributed by atoms with E-state index in [1.165, 1.54) is 12.1 Å². The predicted octanol–water partition coefficient (Wildman–Crippen LogP) is 2.58. The second-order valence-electron chi connectivity index (χ2n) is 6.40. The number of pyridine rings is 1. The lowest BCUT2D eigenvalue weighted by Crippen LogP contribution is -2.33. The van der Waals surface area contributed by atoms with Gasteiger partial charge in [0, 0.05) is 24.3 Å². The largest absolute Gasteiger partial charge is 0.391 e. The van der Waals surface area contributed by atoms with E-state index in [4.69, 9.17) is 0 Å². The van der Waals surface area contributed by atoms with Gasteiger partial charge in [0.05, 0.1) is 18.6 Å². The molecule has 1 saturated heterocycles. The first-order valence-electron chi connectivity index (χ1n) is 8.26. The molecule has 0 bridgehead atoms. The number of carbonyl (C=O) groups excluding carboxylic acids is 1. The molecule has 25 heavy (non-hydrogen) atoms. The van der Waals surface area contributed by atoms with Crippen LogP contribution in [0.15, 0.2) is 48.8 Å². The number of rotatable bonds is 3. The molecular formula is C19H18FN3O2. The highest BCUT2D eigenvalue weighted by Gasteiger charge is 2.35. The zero-order valence-electron chi connectivity index (χ0n) is 13.5. The van der Waals surface area contributed by atoms with Crippen molar-refractivity contribution in [2.45, 2.75) is 25.0 Å². The number of benzene rings is 1. The molecule has 2 aromatic heterocycles. The van der Waals surface area contributed by atoms with E-state index in [9.17, 15) is 14.3 Å². The van der Waals surface area contributed by atoms with Gasteiger partial charge in [-0.05, 0) is 41.8 Å². The molecule has 4 rings (SSSR count). The van der Waals surface area contributed by atoms with E-state index < -0.39 is 6.10 Å². The molecule has 6 heteroatoms. The quantitative estimate of drug-likeness (QED) is 0.771. The summed E-state index contributed by atoms with van der Waals surface area (Å²) in [6.45, 7) is 0.265. The Morgan fingerprint density at radius 1 is 1.36 bits per heavy atom. The minimum Gasteiger partial charge on any atom is -0.391 e. The van der Waals surface area contributed by atoms with E-state index in [0.29, 0.717) is 12.0 Å². The van der Waals surface area contributed by atoms with E-state index in [-0.39, 0.29) is 30.7 Å². The molecule has 2 N–H and O–H groups in total. The van der Waals surface area contributed by atoms with Gasteiger partial charge in [0.15, 0.2) is 0 Å². The minimum absolute atomic E-state index is 0.0874. The molecule has 0 radical (unpaired) electrons. The third-order valence-corrected chi connectivity index (χ3v) is 4.71. The third-order valence-electron chi connectivity index (χ3n) is 4.71. The van der Waals surface area contributed by atoms with Gasteiger partial charge in [0.25, 0.3) is 0 Å². The molecule has 1 fully saturated rings. The molecule has 128 valence electrons. The number of aromatic nitrogens is 2. The molecule has 1 amide bonds. The van der Waals surface area contributed by atoms with Gasteiger partial charge in [-0.2, -0.15) is 0 Å². The van der Waals surface area contributed by atoms with Crippen LogP contribution < -0.4 is 0 Å². The number of hydrogen-bond donors (Lipinski definition) is 2. The molecule has 3 heterocycles. The molecule has 0 spiro atoms. The number of H-pyrrole nitrogens is 1. The van der Waals surface area contributed by atoms with E-state index in [0.717, 1.165) is 16.6 Å². The maximum absolute atomic E-state index is 13.5. The van der Waals surface area contributed by atoms with Crippen LogP contribution in [0.3, 0.4) is 0 Å². The Morgan fingerprint density at radius 3 is 3.08 bits per heavy atom. The zero-order chi connectivity index (χ0) is 17.4. The highest BCUT2D eigenvalue weighted by Crippen LogP contribution is 2.33. The Bertz CT molecular complexity index is 924. The van der Waals surface area contributed by atoms with Gasteiger partial charge in [0.2, 0.25) is 5.91 Å². The van der Waals surface area contributed by atoms with Gasteiger partial charge in [-0.3, -0.25) is 4.79 Å². The molecule has 1 aromatic carbocycles. The number of aliphatic hydroxyl groups excluding tert-OH is 1. The molecular weight excluding hydrogens is 321 g/mol. The van der Waals surface area contributed by atoms with Crippen molar-refractivity contribution in [3.63, 3.8) is 0 Å². The van der Waals surface area contributed by atoms with Crippen LogP contribution in [0.5, 0.6) is 0 Å². The van der Waals surface area contributed by atoms with Gasteiger partial charge in [-0.15, -0.1) is 0 Å². The Labute approximate surface area is 144 Å². The van der Waals surface area contributed by atoms with E-state index in [2.05, 4.69) is 9.97 Å². The molecule has 0 aliphatic carbocycles. The summed E-state index contributed by atoms with van der Waals surface area (Å²) < 4.78 is 13.5. The Hall–Kier alpha value is -2.73. The number of fused-ring (bicyclic) bond motifs is 1. The van der Waals surface area contributed by atoms with Gasteiger partial charge < -0.3 is 15.0 Å². The van der Waals surface area contributed by atoms with Crippen LogP contribution in [-0.4, -0.2) is 38.5 Å². The summed E-state index contributed by atoms with van der Waals surface area (Å²) in [4.78, 5) is 21.8. The van der Waals surface area contributed by atoms with Crippen molar-refractivity contribution in [3.05, 3.63) is 65.7 Å². The highest BCUT2D eigenvalue weighted by molar-refractivity contribution is 5.87. The Kier molecular flexibility index (Phi) is 3.97. The Morgan fingerprint density at radius 2 is 2.24 bits per heavy atom. The summed E-state index contributed by atoms with van der Waals surface area (Å²) in [6, 6.07) is 9.68. The van der Waals surface area contributed by atoms with Crippen molar-refractivity contribution in [1.82, 2.24) is 14.9 Å². The van der Waals surface area contributed by atoms with E-state index >= 15 is 0 Å². The number of amides is 1. The van der Waals surface area contributed by atoms with Gasteiger partial charge in [-0.1, -0.05) is 12.1 Å². The van der Waals surface area contributed by atoms with Crippen molar-refractivity contribution < 1.29 is 14.3 Å². The highest BCUT2D eigenvalue weighted by atomic mass is 19.1. The van der Waals surface area contributed by atoms with Crippen LogP contribution in [0.4, 0.5) is 4.39 Å². The van der Waals surface area contributed by atoms with Crippen LogP contribution in [0.25, 0.3) is 11.0 Å². The maximum atomic E-state index is 13.5. The van der Waals surface area contributed by atoms with Gasteiger partial charge in [0.1, 0.15) is 11.5 Å². The number of nitrogens with one attached hydrogen (secondary N) is 1. The van der Waals surface area contributed by atoms with Crippen molar-refractivity contribution in [1.29, 1.82) is 0 Å². The van der Waals surface area contributed by atoms with Crippen molar-refractivity contribution in [3.8, 4) is 0 Å². The maximum Gasteiger partial charge on any atom is 0.227 e. The number of likely N-dealkylation sites (tertiary alicyclic amines) is 1. The standard InChI is InChI=1S/C19H18FN3O2/c20-14-4-1-3-12(7-14)17-9-15(24)11-23(17)18(25)8-13-10-22-19-16(13)5-2-6-21-19/h1-7,10,15,17,24H,8-9,11H2,(H,21,22). The van der Waals surface area contributed by atoms with E-state index in [1.807, 2.05) is 12.1 Å². The summed E-state index contributed by atoms with van der Waals surface area (Å²) in [5, 5.41) is 11.0. The third kappa shape index (κ3) is 3.00. The van der Waals surface area contributed by atoms with Crippen molar-refractivity contribution >= 4 is 16.9 Å². The van der Waals surface area contributed by atoms with E-state index in [1.54, 1.807) is 29.4 Å². The monoisotopic (exact) mass is 339 g/mol. The summed E-state index contributed by atoms with van der Waals surface area (Å²) in [5.41, 5.74) is 2.33. The average molecular weight is 339 g/mol. The Balaban J connectivity index is 1.59. The second-order valence-corrected chi connectivity index (χ2v) is 6.40. The summed E-state index contributed by atoms with van der Waals surface area (Å²) >= 11 is 0. The molecule has 1 aliphatic heterocycles. The fourth-order valence-corrected chi connectivity index (χ4v) is 3.54. The van der Waals surface area contributed by atoms with Gasteiger partial charge in [-0.25, -0.2) is 9.37 Å². The molecule has 2 atom stereocenters. The lowest BCUT2D eigenvalue weighted by molar-refractivity contribution is -0.131. The van der Waals surface area contributed by atoms with Crippen LogP contribution in [0.1, 0.15) is 23.6 Å². The number of nitrogens with zero attached hydrogens (tertiary/aromatic N) is 2. The SMILES string of the molecule is O=C(Cc1c[nH]c2ncccc12)N1CC(O)CC1c1cccc(F)c1. The van der Waals surface area contributed by atoms with Crippen LogP contribution in [0.2, 0.25) is 0 Å². The first-order chi connectivity index (χ1) is 12.1. The summed E-state index contributed by atoms with van der Waals surface area (Å²) in [6.07, 6.45) is 3.52. The second kappa shape index (κ2) is 6.29. The number of β-amino-alcohol motifs (C(OH)–C–C–N with tert-alkyl or cyclic N) is 1. The summed E-state index contributed by atoms with van der Waals surface area (Å²) in [7, 11) is 0. The fraction of sp³-hybridized carbons (Fsp3) is 0.263. The molecule has 3 aromatic rings. The molecule has 5 nitrogen and oxygen atoms in total. The molecule has 1 aliphatic rings. The topological polar surface area (TPSA) is 69.2 Å². The van der Waals surface area contributed by atoms with Crippen LogP contribution >= 0.6 is 0 Å². The fourth-order valence-electron chi connectivity index (χ4n) is 3.54. The van der Waals surface area contributed by atoms with Crippen LogP contribution in [-0.2, 0) is 11.2 Å². The number of aromatic amines is 1. The number of carbonyl (C=O) groups is 1. The molecule has 2 unspecified atom stereocenters. The number of hydrogen-bond acceptors (Lipinski definition) is 3. The lowest BCUT2D eigenvalue weighted by atomic mass is 10.0. The minimum atomic E-state index is -0.596. The van der Waals surface area contributed by atoms with Crippen molar-refractivity contribution in [2.24, 2.45) is 0 Å². The number of aliphatic hydroxyl groups is 1. The lowest BCUT2D eigenvalue weighted by Gasteiger charge is -2.25. The molecule has 0 saturated carbocycles. The summed E-state index contributed by atoms with van der Waals surface area (Å²) in [5.74, 6) is -0.426.